The van der Waals surface area contributed by atoms with E-state index >= 15 is 0 Å². The van der Waals surface area contributed by atoms with E-state index in [0.717, 1.165) is 65.7 Å². The van der Waals surface area contributed by atoms with Gasteiger partial charge in [-0.05, 0) is 111 Å². The molecule has 0 bridgehead atoms. The molecule has 0 spiro atoms. The lowest BCUT2D eigenvalue weighted by atomic mass is 9.66. The molecule has 1 aliphatic carbocycles. The molecule has 344 valence electrons. The smallest absolute Gasteiger partial charge is 0.163 e. The summed E-state index contributed by atoms with van der Waals surface area (Å²) in [5.41, 5.74) is 10.7. The Morgan fingerprint density at radius 3 is 1.71 bits per heavy atom. The summed E-state index contributed by atoms with van der Waals surface area (Å²) in [6, 6.07) is 43.6. The SMILES string of the molecule is COCCOCCOCCOc1ccc(C2(c3ccc(COCCOCCOCCO)c(C(C)=O)c3)c3cc(-c4ccccc4)ccc3-c3cc(-c4ccccc4)c(Br)cc32)cc1C(C)=O. The zero-order valence-corrected chi connectivity index (χ0v) is 39.4. The van der Waals surface area contributed by atoms with Gasteiger partial charge in [-0.15, -0.1) is 0 Å². The summed E-state index contributed by atoms with van der Waals surface area (Å²) in [7, 11) is 1.63. The third-order valence-corrected chi connectivity index (χ3v) is 12.3. The average molecular weight is 958 g/mol. The number of fused-ring (bicyclic) bond motifs is 3. The number of carbonyl (C=O) groups excluding carboxylic acids is 2. The Hall–Kier alpha value is -5.34. The summed E-state index contributed by atoms with van der Waals surface area (Å²) < 4.78 is 40.4. The van der Waals surface area contributed by atoms with Gasteiger partial charge in [0.25, 0.3) is 0 Å². The van der Waals surface area contributed by atoms with Crippen molar-refractivity contribution in [2.45, 2.75) is 25.9 Å². The second-order valence-corrected chi connectivity index (χ2v) is 16.7. The fraction of sp³-hybridized carbons (Fsp3) is 0.309. The first-order valence-electron chi connectivity index (χ1n) is 22.3. The molecular weight excluding hydrogens is 900 g/mol. The molecule has 6 aromatic rings. The van der Waals surface area contributed by atoms with Crippen molar-refractivity contribution >= 4 is 27.5 Å². The maximum Gasteiger partial charge on any atom is 0.163 e. The fourth-order valence-corrected chi connectivity index (χ4v) is 9.14. The van der Waals surface area contributed by atoms with Crippen molar-refractivity contribution in [3.05, 3.63) is 171 Å². The summed E-state index contributed by atoms with van der Waals surface area (Å²) in [4.78, 5) is 27.4. The summed E-state index contributed by atoms with van der Waals surface area (Å²) in [5, 5.41) is 8.93. The lowest BCUT2D eigenvalue weighted by Crippen LogP contribution is -2.30. The van der Waals surface area contributed by atoms with E-state index in [1.807, 2.05) is 66.7 Å². The maximum absolute atomic E-state index is 13.7. The number of ketones is 2. The first-order valence-corrected chi connectivity index (χ1v) is 23.1. The third-order valence-electron chi connectivity index (χ3n) is 11.7. The number of ether oxygens (including phenoxy) is 7. The fourth-order valence-electron chi connectivity index (χ4n) is 8.57. The van der Waals surface area contributed by atoms with Crippen molar-refractivity contribution in [3.8, 4) is 39.1 Å². The molecule has 0 saturated heterocycles. The lowest BCUT2D eigenvalue weighted by molar-refractivity contribution is 0.00443. The highest BCUT2D eigenvalue weighted by molar-refractivity contribution is 9.10. The van der Waals surface area contributed by atoms with Gasteiger partial charge >= 0.3 is 0 Å². The van der Waals surface area contributed by atoms with E-state index in [9.17, 15) is 9.59 Å². The molecule has 0 saturated carbocycles. The molecular formula is C55H57BrO10. The van der Waals surface area contributed by atoms with Crippen molar-refractivity contribution < 1.29 is 47.9 Å². The molecule has 7 rings (SSSR count). The molecule has 1 unspecified atom stereocenters. The standard InChI is InChI=1S/C55H57BrO10/c1-38(58)47-33-44(16-14-43(47)37-65-29-28-63-25-24-61-21-20-57)55(45-17-19-54(48(34-45)39(2)59)66-31-30-64-27-26-62-23-22-60-3)51-32-42(40-10-6-4-7-11-40)15-18-46(51)50-35-49(53(56)36-52(50)55)41-12-8-5-9-13-41/h4-19,32-36,57H,20-31,37H2,1-3H3. The number of hydrogen-bond donors (Lipinski definition) is 1. The van der Waals surface area contributed by atoms with Crippen LogP contribution in [0, 0.1) is 0 Å². The summed E-state index contributed by atoms with van der Waals surface area (Å²) >= 11 is 4.00. The van der Waals surface area contributed by atoms with E-state index in [1.54, 1.807) is 21.0 Å². The molecule has 0 heterocycles. The van der Waals surface area contributed by atoms with Gasteiger partial charge in [-0.2, -0.15) is 0 Å². The monoisotopic (exact) mass is 956 g/mol. The lowest BCUT2D eigenvalue weighted by Gasteiger charge is -2.35. The van der Waals surface area contributed by atoms with E-state index < -0.39 is 5.41 Å². The van der Waals surface area contributed by atoms with Crippen LogP contribution in [-0.4, -0.2) is 103 Å². The van der Waals surface area contributed by atoms with Gasteiger partial charge in [0.15, 0.2) is 11.6 Å². The second kappa shape index (κ2) is 23.9. The van der Waals surface area contributed by atoms with Gasteiger partial charge in [0, 0.05) is 17.1 Å². The number of hydrogen-bond acceptors (Lipinski definition) is 10. The Morgan fingerprint density at radius 2 is 1.08 bits per heavy atom. The first kappa shape index (κ1) is 48.6. The number of rotatable bonds is 26. The molecule has 0 radical (unpaired) electrons. The number of aliphatic hydroxyl groups excluding tert-OH is 1. The molecule has 1 N–H and O–H groups in total. The van der Waals surface area contributed by atoms with Crippen LogP contribution in [0.3, 0.4) is 0 Å². The Kier molecular flexibility index (Phi) is 17.6. The quantitative estimate of drug-likeness (QED) is 0.0415. The van der Waals surface area contributed by atoms with Gasteiger partial charge < -0.3 is 38.3 Å². The zero-order valence-electron chi connectivity index (χ0n) is 37.8. The molecule has 0 amide bonds. The molecule has 0 aromatic heterocycles. The van der Waals surface area contributed by atoms with Gasteiger partial charge in [0.1, 0.15) is 12.4 Å². The van der Waals surface area contributed by atoms with Gasteiger partial charge in [0.05, 0.1) is 90.3 Å². The minimum absolute atomic E-state index is 0.0348. The van der Waals surface area contributed by atoms with E-state index in [-0.39, 0.29) is 38.0 Å². The van der Waals surface area contributed by atoms with Crippen LogP contribution in [0.4, 0.5) is 0 Å². The molecule has 11 heteroatoms. The normalized spacial score (nSPS) is 14.0. The van der Waals surface area contributed by atoms with Crippen molar-refractivity contribution in [2.24, 2.45) is 0 Å². The largest absolute Gasteiger partial charge is 0.490 e. The number of aliphatic hydroxyl groups is 1. The molecule has 1 atom stereocenters. The minimum Gasteiger partial charge on any atom is -0.490 e. The molecule has 6 aromatic carbocycles. The molecule has 66 heavy (non-hydrogen) atoms. The maximum atomic E-state index is 13.7. The van der Waals surface area contributed by atoms with Gasteiger partial charge in [-0.3, -0.25) is 9.59 Å². The van der Waals surface area contributed by atoms with Crippen LogP contribution in [0.25, 0.3) is 33.4 Å². The summed E-state index contributed by atoms with van der Waals surface area (Å²) in [6.45, 7) is 7.42. The number of Topliss-reactive ketones (excluding diaryl/α,β-unsaturated/α-hetero) is 2. The van der Waals surface area contributed by atoms with Crippen molar-refractivity contribution in [1.29, 1.82) is 0 Å². The summed E-state index contributed by atoms with van der Waals surface area (Å²) in [5.74, 6) is 0.207. The zero-order chi connectivity index (χ0) is 46.3. The van der Waals surface area contributed by atoms with Gasteiger partial charge in [-0.25, -0.2) is 0 Å². The number of carbonyl (C=O) groups is 2. The molecule has 10 nitrogen and oxygen atoms in total. The van der Waals surface area contributed by atoms with E-state index in [2.05, 4.69) is 76.6 Å². The van der Waals surface area contributed by atoms with Crippen LogP contribution in [0.5, 0.6) is 5.75 Å². The van der Waals surface area contributed by atoms with Crippen molar-refractivity contribution in [3.63, 3.8) is 0 Å². The van der Waals surface area contributed by atoms with Crippen LogP contribution in [0.1, 0.15) is 62.4 Å². The second-order valence-electron chi connectivity index (χ2n) is 15.9. The van der Waals surface area contributed by atoms with Gasteiger partial charge in [-0.1, -0.05) is 107 Å². The molecule has 1 aliphatic rings. The Labute approximate surface area is 395 Å². The highest BCUT2D eigenvalue weighted by atomic mass is 79.9. The highest BCUT2D eigenvalue weighted by Crippen LogP contribution is 2.59. The molecule has 0 fully saturated rings. The third kappa shape index (κ3) is 11.3. The predicted molar refractivity (Wildman–Crippen MR) is 260 cm³/mol. The molecule has 0 aliphatic heterocycles. The summed E-state index contributed by atoms with van der Waals surface area (Å²) in [6.07, 6.45) is 0. The van der Waals surface area contributed by atoms with E-state index in [1.165, 1.54) is 0 Å². The van der Waals surface area contributed by atoms with Crippen molar-refractivity contribution in [2.75, 3.05) is 86.4 Å². The first-order chi connectivity index (χ1) is 32.3. The van der Waals surface area contributed by atoms with Crippen LogP contribution in [0.15, 0.2) is 132 Å². The Bertz CT molecular complexity index is 2480. The average Bonchev–Trinajstić information content (AvgIpc) is 3.62. The topological polar surface area (TPSA) is 119 Å². The minimum atomic E-state index is -1.02. The van der Waals surface area contributed by atoms with E-state index in [4.69, 9.17) is 38.3 Å². The highest BCUT2D eigenvalue weighted by Gasteiger charge is 2.47. The predicted octanol–water partition coefficient (Wildman–Crippen LogP) is 10.2. The van der Waals surface area contributed by atoms with E-state index in [0.29, 0.717) is 76.3 Å². The van der Waals surface area contributed by atoms with Crippen LogP contribution < -0.4 is 4.74 Å². The number of halogens is 1. The Morgan fingerprint density at radius 1 is 0.515 bits per heavy atom. The number of benzene rings is 6. The van der Waals surface area contributed by atoms with Crippen LogP contribution >= 0.6 is 15.9 Å². The van der Waals surface area contributed by atoms with Crippen LogP contribution in [0.2, 0.25) is 0 Å². The Balaban J connectivity index is 1.35. The van der Waals surface area contributed by atoms with Gasteiger partial charge in [0.2, 0.25) is 0 Å². The van der Waals surface area contributed by atoms with Crippen LogP contribution in [-0.2, 0) is 40.4 Å². The number of methoxy groups -OCH3 is 1. The van der Waals surface area contributed by atoms with Crippen molar-refractivity contribution in [1.82, 2.24) is 0 Å².